The Kier molecular flexibility index (Phi) is 4.48. The number of para-hydroxylation sites is 1. The summed E-state index contributed by atoms with van der Waals surface area (Å²) >= 11 is 5.79. The van der Waals surface area contributed by atoms with E-state index in [-0.39, 0.29) is 17.9 Å². The molecule has 0 radical (unpaired) electrons. The molecule has 3 amide bonds. The Hall–Kier alpha value is -2.53. The molecule has 23 heavy (non-hydrogen) atoms. The molecule has 0 aliphatic carbocycles. The van der Waals surface area contributed by atoms with Crippen LogP contribution >= 0.6 is 11.6 Å². The van der Waals surface area contributed by atoms with Crippen LogP contribution in [0.5, 0.6) is 0 Å². The number of amides is 3. The number of hydrogen-bond acceptors (Lipinski definition) is 2. The predicted octanol–water partition coefficient (Wildman–Crippen LogP) is 3.59. The first kappa shape index (κ1) is 15.4. The van der Waals surface area contributed by atoms with E-state index in [1.807, 2.05) is 24.3 Å². The third-order valence-corrected chi connectivity index (χ3v) is 3.98. The van der Waals surface area contributed by atoms with Crippen molar-refractivity contribution in [2.24, 2.45) is 0 Å². The number of carbonyl (C=O) groups excluding carboxylic acids is 2. The Morgan fingerprint density at radius 2 is 1.87 bits per heavy atom. The van der Waals surface area contributed by atoms with Gasteiger partial charge >= 0.3 is 6.03 Å². The van der Waals surface area contributed by atoms with Gasteiger partial charge in [-0.05, 0) is 42.3 Å². The maximum Gasteiger partial charge on any atom is 0.319 e. The first-order valence-electron chi connectivity index (χ1n) is 7.34. The van der Waals surface area contributed by atoms with E-state index in [1.165, 1.54) is 0 Å². The molecule has 1 aliphatic heterocycles. The normalized spacial score (nSPS) is 15.7. The highest BCUT2D eigenvalue weighted by atomic mass is 35.5. The van der Waals surface area contributed by atoms with Crippen LogP contribution in [0, 0.1) is 0 Å². The van der Waals surface area contributed by atoms with Crippen LogP contribution in [0.1, 0.15) is 17.9 Å². The zero-order chi connectivity index (χ0) is 16.2. The van der Waals surface area contributed by atoms with Crippen LogP contribution in [0.15, 0.2) is 48.5 Å². The predicted molar refractivity (Wildman–Crippen MR) is 90.9 cm³/mol. The van der Waals surface area contributed by atoms with E-state index < -0.39 is 0 Å². The molecular formula is C17H16ClN3O2. The van der Waals surface area contributed by atoms with Crippen molar-refractivity contribution >= 4 is 34.9 Å². The van der Waals surface area contributed by atoms with Crippen molar-refractivity contribution in [1.82, 2.24) is 5.32 Å². The maximum atomic E-state index is 12.0. The number of halogens is 1. The lowest BCUT2D eigenvalue weighted by Gasteiger charge is -2.11. The molecule has 6 heteroatoms. The lowest BCUT2D eigenvalue weighted by Crippen LogP contribution is -2.31. The van der Waals surface area contributed by atoms with E-state index >= 15 is 0 Å². The quantitative estimate of drug-likeness (QED) is 0.802. The highest BCUT2D eigenvalue weighted by Gasteiger charge is 2.29. The highest BCUT2D eigenvalue weighted by molar-refractivity contribution is 6.30. The molecule has 1 aliphatic rings. The molecule has 2 aromatic carbocycles. The number of fused-ring (bicyclic) bond motifs is 1. The summed E-state index contributed by atoms with van der Waals surface area (Å²) in [6.07, 6.45) is 0.552. The molecule has 2 aromatic rings. The Morgan fingerprint density at radius 1 is 1.13 bits per heavy atom. The van der Waals surface area contributed by atoms with Gasteiger partial charge in [-0.2, -0.15) is 0 Å². The number of anilines is 2. The molecule has 0 saturated carbocycles. The van der Waals surface area contributed by atoms with E-state index in [0.29, 0.717) is 23.7 Å². The summed E-state index contributed by atoms with van der Waals surface area (Å²) in [6.45, 7) is 0.409. The van der Waals surface area contributed by atoms with Gasteiger partial charge in [0.15, 0.2) is 0 Å². The minimum absolute atomic E-state index is 0.0221. The monoisotopic (exact) mass is 329 g/mol. The van der Waals surface area contributed by atoms with E-state index in [4.69, 9.17) is 11.6 Å². The zero-order valence-corrected chi connectivity index (χ0v) is 13.1. The van der Waals surface area contributed by atoms with E-state index in [9.17, 15) is 9.59 Å². The van der Waals surface area contributed by atoms with Gasteiger partial charge < -0.3 is 16.0 Å². The van der Waals surface area contributed by atoms with Gasteiger partial charge in [-0.3, -0.25) is 4.79 Å². The maximum absolute atomic E-state index is 12.0. The minimum atomic E-state index is -0.306. The van der Waals surface area contributed by atoms with Crippen LogP contribution in [-0.4, -0.2) is 18.5 Å². The molecule has 1 unspecified atom stereocenters. The summed E-state index contributed by atoms with van der Waals surface area (Å²) in [6, 6.07) is 14.2. The van der Waals surface area contributed by atoms with E-state index in [1.54, 1.807) is 24.3 Å². The van der Waals surface area contributed by atoms with Gasteiger partial charge in [0.2, 0.25) is 5.91 Å². The molecule has 0 spiro atoms. The van der Waals surface area contributed by atoms with E-state index in [2.05, 4.69) is 16.0 Å². The Morgan fingerprint density at radius 3 is 2.65 bits per heavy atom. The molecular weight excluding hydrogens is 314 g/mol. The number of carbonyl (C=O) groups is 2. The van der Waals surface area contributed by atoms with Crippen molar-refractivity contribution in [2.75, 3.05) is 17.2 Å². The van der Waals surface area contributed by atoms with Crippen molar-refractivity contribution in [2.45, 2.75) is 12.3 Å². The van der Waals surface area contributed by atoms with Crippen molar-refractivity contribution in [3.8, 4) is 0 Å². The van der Waals surface area contributed by atoms with Crippen LogP contribution in [0.25, 0.3) is 0 Å². The summed E-state index contributed by atoms with van der Waals surface area (Å²) in [5.41, 5.74) is 2.50. The van der Waals surface area contributed by atoms with Gasteiger partial charge in [-0.25, -0.2) is 4.79 Å². The summed E-state index contributed by atoms with van der Waals surface area (Å²) in [5, 5.41) is 8.94. The molecule has 0 aromatic heterocycles. The number of hydrogen-bond donors (Lipinski definition) is 3. The third kappa shape index (κ3) is 3.63. The van der Waals surface area contributed by atoms with Gasteiger partial charge in [0.1, 0.15) is 0 Å². The number of benzene rings is 2. The first-order chi connectivity index (χ1) is 11.1. The topological polar surface area (TPSA) is 70.2 Å². The van der Waals surface area contributed by atoms with Crippen molar-refractivity contribution < 1.29 is 9.59 Å². The number of rotatable bonds is 4. The van der Waals surface area contributed by atoms with Crippen LogP contribution in [0.3, 0.4) is 0 Å². The average Bonchev–Trinajstić information content (AvgIpc) is 2.86. The summed E-state index contributed by atoms with van der Waals surface area (Å²) in [7, 11) is 0. The Labute approximate surface area is 139 Å². The number of nitrogens with one attached hydrogen (secondary N) is 3. The van der Waals surface area contributed by atoms with Gasteiger partial charge in [0.05, 0.1) is 5.92 Å². The van der Waals surface area contributed by atoms with Crippen molar-refractivity contribution in [1.29, 1.82) is 0 Å². The van der Waals surface area contributed by atoms with Gasteiger partial charge in [-0.1, -0.05) is 29.8 Å². The second kappa shape index (κ2) is 6.71. The molecule has 0 saturated heterocycles. The van der Waals surface area contributed by atoms with Crippen molar-refractivity contribution in [3.63, 3.8) is 0 Å². The highest BCUT2D eigenvalue weighted by Crippen LogP contribution is 2.33. The van der Waals surface area contributed by atoms with Gasteiger partial charge in [-0.15, -0.1) is 0 Å². The molecule has 0 bridgehead atoms. The molecule has 118 valence electrons. The lowest BCUT2D eigenvalue weighted by atomic mass is 9.97. The molecule has 1 atom stereocenters. The second-order valence-electron chi connectivity index (χ2n) is 5.31. The fourth-order valence-corrected chi connectivity index (χ4v) is 2.73. The molecule has 3 rings (SSSR count). The third-order valence-electron chi connectivity index (χ3n) is 3.73. The minimum Gasteiger partial charge on any atom is -0.338 e. The van der Waals surface area contributed by atoms with Crippen LogP contribution < -0.4 is 16.0 Å². The van der Waals surface area contributed by atoms with E-state index in [0.717, 1.165) is 11.3 Å². The van der Waals surface area contributed by atoms with Crippen LogP contribution in [-0.2, 0) is 4.79 Å². The SMILES string of the molecule is O=C(NCCC1C(=O)Nc2ccccc21)Nc1ccc(Cl)cc1. The number of urea groups is 1. The fraction of sp³-hybridized carbons (Fsp3) is 0.176. The summed E-state index contributed by atoms with van der Waals surface area (Å²) < 4.78 is 0. The largest absolute Gasteiger partial charge is 0.338 e. The van der Waals surface area contributed by atoms with Crippen LogP contribution in [0.2, 0.25) is 5.02 Å². The second-order valence-corrected chi connectivity index (χ2v) is 5.74. The summed E-state index contributed by atoms with van der Waals surface area (Å²) in [5.74, 6) is -0.242. The zero-order valence-electron chi connectivity index (χ0n) is 12.3. The van der Waals surface area contributed by atoms with Crippen LogP contribution in [0.4, 0.5) is 16.2 Å². The smallest absolute Gasteiger partial charge is 0.319 e. The Balaban J connectivity index is 1.50. The van der Waals surface area contributed by atoms with Gasteiger partial charge in [0, 0.05) is 22.9 Å². The van der Waals surface area contributed by atoms with Gasteiger partial charge in [0.25, 0.3) is 0 Å². The molecule has 3 N–H and O–H groups in total. The standard InChI is InChI=1S/C17H16ClN3O2/c18-11-5-7-12(8-6-11)20-17(23)19-10-9-14-13-3-1-2-4-15(13)21-16(14)22/h1-8,14H,9-10H2,(H,21,22)(H2,19,20,23). The molecule has 0 fully saturated rings. The molecule has 1 heterocycles. The summed E-state index contributed by atoms with van der Waals surface area (Å²) in [4.78, 5) is 23.8. The average molecular weight is 330 g/mol. The van der Waals surface area contributed by atoms with Crippen molar-refractivity contribution in [3.05, 3.63) is 59.1 Å². The molecule has 5 nitrogen and oxygen atoms in total. The Bertz CT molecular complexity index is 731. The first-order valence-corrected chi connectivity index (χ1v) is 7.71. The lowest BCUT2D eigenvalue weighted by molar-refractivity contribution is -0.117. The fourth-order valence-electron chi connectivity index (χ4n) is 2.60.